The molecule has 1 saturated heterocycles. The second-order valence-corrected chi connectivity index (χ2v) is 6.77. The summed E-state index contributed by atoms with van der Waals surface area (Å²) in [5, 5.41) is 3.75. The van der Waals surface area contributed by atoms with Crippen molar-refractivity contribution < 1.29 is 0 Å². The summed E-state index contributed by atoms with van der Waals surface area (Å²) in [4.78, 5) is 2.73. The standard InChI is InChI=1S/C19H32N2/c1-4-18-15-20-19(3,5-2)16-21(18)14-10-9-13-17-11-7-6-8-12-17/h6-8,11-12,18,20H,4-5,9-10,13-16H2,1-3H3. The Morgan fingerprint density at radius 2 is 1.95 bits per heavy atom. The maximum Gasteiger partial charge on any atom is 0.0278 e. The molecule has 0 bridgehead atoms. The van der Waals surface area contributed by atoms with E-state index in [4.69, 9.17) is 0 Å². The molecule has 1 fully saturated rings. The van der Waals surface area contributed by atoms with Crippen molar-refractivity contribution >= 4 is 0 Å². The molecule has 21 heavy (non-hydrogen) atoms. The van der Waals surface area contributed by atoms with E-state index in [1.54, 1.807) is 0 Å². The zero-order valence-corrected chi connectivity index (χ0v) is 14.1. The van der Waals surface area contributed by atoms with E-state index in [1.807, 2.05) is 0 Å². The number of nitrogens with zero attached hydrogens (tertiary/aromatic N) is 1. The van der Waals surface area contributed by atoms with Crippen LogP contribution in [0.3, 0.4) is 0 Å². The first-order chi connectivity index (χ1) is 10.2. The molecule has 0 spiro atoms. The van der Waals surface area contributed by atoms with Gasteiger partial charge in [0.15, 0.2) is 0 Å². The van der Waals surface area contributed by atoms with Gasteiger partial charge < -0.3 is 5.32 Å². The summed E-state index contributed by atoms with van der Waals surface area (Å²) in [5.41, 5.74) is 1.79. The van der Waals surface area contributed by atoms with Crippen molar-refractivity contribution in [2.24, 2.45) is 0 Å². The van der Waals surface area contributed by atoms with Gasteiger partial charge in [0.1, 0.15) is 0 Å². The number of aryl methyl sites for hydroxylation is 1. The van der Waals surface area contributed by atoms with Crippen molar-refractivity contribution in [2.45, 2.75) is 64.5 Å². The number of piperazine rings is 1. The van der Waals surface area contributed by atoms with Crippen LogP contribution in [0.4, 0.5) is 0 Å². The number of rotatable bonds is 7. The third-order valence-electron chi connectivity index (χ3n) is 5.09. The summed E-state index contributed by atoms with van der Waals surface area (Å²) in [5.74, 6) is 0. The van der Waals surface area contributed by atoms with Crippen molar-refractivity contribution in [3.8, 4) is 0 Å². The van der Waals surface area contributed by atoms with E-state index in [2.05, 4.69) is 61.3 Å². The van der Waals surface area contributed by atoms with Crippen LogP contribution in [0.15, 0.2) is 30.3 Å². The molecule has 0 amide bonds. The van der Waals surface area contributed by atoms with Gasteiger partial charge in [-0.3, -0.25) is 4.90 Å². The van der Waals surface area contributed by atoms with Gasteiger partial charge in [-0.25, -0.2) is 0 Å². The van der Waals surface area contributed by atoms with Gasteiger partial charge >= 0.3 is 0 Å². The smallest absolute Gasteiger partial charge is 0.0278 e. The molecule has 1 aliphatic rings. The fourth-order valence-corrected chi connectivity index (χ4v) is 3.32. The Hall–Kier alpha value is -0.860. The van der Waals surface area contributed by atoms with Crippen LogP contribution in [0.2, 0.25) is 0 Å². The van der Waals surface area contributed by atoms with Gasteiger partial charge in [-0.15, -0.1) is 0 Å². The van der Waals surface area contributed by atoms with Crippen LogP contribution in [-0.2, 0) is 6.42 Å². The summed E-state index contributed by atoms with van der Waals surface area (Å²) >= 11 is 0. The molecule has 1 aromatic carbocycles. The molecule has 1 aromatic rings. The minimum Gasteiger partial charge on any atom is -0.309 e. The molecule has 2 heteroatoms. The van der Waals surface area contributed by atoms with Crippen molar-refractivity contribution in [3.63, 3.8) is 0 Å². The maximum absolute atomic E-state index is 3.75. The molecule has 2 atom stereocenters. The van der Waals surface area contributed by atoms with Gasteiger partial charge in [-0.1, -0.05) is 44.2 Å². The molecule has 1 heterocycles. The minimum absolute atomic E-state index is 0.311. The van der Waals surface area contributed by atoms with Gasteiger partial charge in [0.05, 0.1) is 0 Å². The topological polar surface area (TPSA) is 15.3 Å². The van der Waals surface area contributed by atoms with Gasteiger partial charge in [0, 0.05) is 24.7 Å². The Labute approximate surface area is 130 Å². The van der Waals surface area contributed by atoms with E-state index in [1.165, 1.54) is 50.8 Å². The third kappa shape index (κ3) is 4.82. The molecule has 118 valence electrons. The largest absolute Gasteiger partial charge is 0.309 e. The number of unbranched alkanes of at least 4 members (excludes halogenated alkanes) is 1. The molecule has 2 nitrogen and oxygen atoms in total. The normalized spacial score (nSPS) is 26.9. The van der Waals surface area contributed by atoms with E-state index in [9.17, 15) is 0 Å². The Bertz CT molecular complexity index is 403. The first-order valence-corrected chi connectivity index (χ1v) is 8.70. The first-order valence-electron chi connectivity index (χ1n) is 8.70. The van der Waals surface area contributed by atoms with Crippen LogP contribution in [0.25, 0.3) is 0 Å². The summed E-state index contributed by atoms with van der Waals surface area (Å²) in [6, 6.07) is 11.6. The fourth-order valence-electron chi connectivity index (χ4n) is 3.32. The molecule has 0 saturated carbocycles. The molecule has 0 aromatic heterocycles. The van der Waals surface area contributed by atoms with E-state index in [0.29, 0.717) is 5.54 Å². The van der Waals surface area contributed by atoms with Crippen molar-refractivity contribution in [3.05, 3.63) is 35.9 Å². The van der Waals surface area contributed by atoms with Crippen molar-refractivity contribution in [1.29, 1.82) is 0 Å². The van der Waals surface area contributed by atoms with Crippen LogP contribution >= 0.6 is 0 Å². The average molecular weight is 288 g/mol. The van der Waals surface area contributed by atoms with Crippen LogP contribution < -0.4 is 5.32 Å². The highest BCUT2D eigenvalue weighted by Crippen LogP contribution is 2.21. The highest BCUT2D eigenvalue weighted by Gasteiger charge is 2.33. The quantitative estimate of drug-likeness (QED) is 0.766. The molecule has 0 radical (unpaired) electrons. The summed E-state index contributed by atoms with van der Waals surface area (Å²) in [6.45, 7) is 10.6. The van der Waals surface area contributed by atoms with Crippen molar-refractivity contribution in [2.75, 3.05) is 19.6 Å². The Morgan fingerprint density at radius 3 is 2.62 bits per heavy atom. The van der Waals surface area contributed by atoms with Gasteiger partial charge in [0.2, 0.25) is 0 Å². The van der Waals surface area contributed by atoms with Crippen molar-refractivity contribution in [1.82, 2.24) is 10.2 Å². The third-order valence-corrected chi connectivity index (χ3v) is 5.09. The molecule has 1 aliphatic heterocycles. The number of hydrogen-bond acceptors (Lipinski definition) is 2. The van der Waals surface area contributed by atoms with Crippen LogP contribution in [-0.4, -0.2) is 36.1 Å². The molecule has 2 unspecified atom stereocenters. The van der Waals surface area contributed by atoms with E-state index in [0.717, 1.165) is 12.6 Å². The van der Waals surface area contributed by atoms with Crippen LogP contribution in [0.1, 0.15) is 52.0 Å². The number of hydrogen-bond donors (Lipinski definition) is 1. The Morgan fingerprint density at radius 1 is 1.19 bits per heavy atom. The molecule has 0 aliphatic carbocycles. The van der Waals surface area contributed by atoms with Gasteiger partial charge in [-0.2, -0.15) is 0 Å². The summed E-state index contributed by atoms with van der Waals surface area (Å²) in [6.07, 6.45) is 6.29. The number of benzene rings is 1. The maximum atomic E-state index is 3.75. The minimum atomic E-state index is 0.311. The van der Waals surface area contributed by atoms with Gasteiger partial charge in [-0.05, 0) is 51.1 Å². The predicted molar refractivity (Wildman–Crippen MR) is 91.7 cm³/mol. The Kier molecular flexibility index (Phi) is 6.25. The lowest BCUT2D eigenvalue weighted by Crippen LogP contribution is -2.62. The molecular formula is C19H32N2. The zero-order valence-electron chi connectivity index (χ0n) is 14.1. The molecular weight excluding hydrogens is 256 g/mol. The highest BCUT2D eigenvalue weighted by molar-refractivity contribution is 5.14. The molecule has 1 N–H and O–H groups in total. The summed E-state index contributed by atoms with van der Waals surface area (Å²) < 4.78 is 0. The van der Waals surface area contributed by atoms with Gasteiger partial charge in [0.25, 0.3) is 0 Å². The SMILES string of the molecule is CCC1CNC(C)(CC)CN1CCCCc1ccccc1. The lowest BCUT2D eigenvalue weighted by Gasteiger charge is -2.46. The van der Waals surface area contributed by atoms with Crippen LogP contribution in [0, 0.1) is 0 Å². The Balaban J connectivity index is 1.77. The average Bonchev–Trinajstić information content (AvgIpc) is 2.53. The summed E-state index contributed by atoms with van der Waals surface area (Å²) in [7, 11) is 0. The fraction of sp³-hybridized carbons (Fsp3) is 0.684. The van der Waals surface area contributed by atoms with E-state index >= 15 is 0 Å². The van der Waals surface area contributed by atoms with E-state index in [-0.39, 0.29) is 0 Å². The van der Waals surface area contributed by atoms with E-state index < -0.39 is 0 Å². The van der Waals surface area contributed by atoms with Crippen LogP contribution in [0.5, 0.6) is 0 Å². The lowest BCUT2D eigenvalue weighted by molar-refractivity contribution is 0.0806. The second kappa shape index (κ2) is 7.95. The predicted octanol–water partition coefficient (Wildman–Crippen LogP) is 3.86. The monoisotopic (exact) mass is 288 g/mol. The zero-order chi connectivity index (χ0) is 15.1. The second-order valence-electron chi connectivity index (χ2n) is 6.77. The number of nitrogens with one attached hydrogen (secondary N) is 1. The molecule has 2 rings (SSSR count). The lowest BCUT2D eigenvalue weighted by atomic mass is 9.92. The first kappa shape index (κ1) is 16.5. The highest BCUT2D eigenvalue weighted by atomic mass is 15.2.